The summed E-state index contributed by atoms with van der Waals surface area (Å²) < 4.78 is 25.2. The number of nitrogens with zero attached hydrogens (tertiary/aromatic N) is 1. The zero-order valence-electron chi connectivity index (χ0n) is 10.6. The summed E-state index contributed by atoms with van der Waals surface area (Å²) in [5.74, 6) is 0. The number of sulfonamides is 1. The van der Waals surface area contributed by atoms with Gasteiger partial charge in [-0.1, -0.05) is 27.7 Å². The van der Waals surface area contributed by atoms with Crippen LogP contribution in [-0.4, -0.2) is 31.0 Å². The Balaban J connectivity index is 2.94. The molecule has 1 heterocycles. The Kier molecular flexibility index (Phi) is 3.98. The van der Waals surface area contributed by atoms with Gasteiger partial charge >= 0.3 is 0 Å². The van der Waals surface area contributed by atoms with Crippen LogP contribution in [-0.2, 0) is 10.0 Å². The van der Waals surface area contributed by atoms with E-state index in [9.17, 15) is 8.42 Å². The molecule has 1 saturated heterocycles. The number of halogens is 1. The molecule has 1 aliphatic heterocycles. The Labute approximate surface area is 104 Å². The van der Waals surface area contributed by atoms with Crippen LogP contribution in [0.2, 0.25) is 0 Å². The van der Waals surface area contributed by atoms with Gasteiger partial charge in [0.2, 0.25) is 10.0 Å². The molecular formula is C11H22ClNO2S. The van der Waals surface area contributed by atoms with E-state index >= 15 is 0 Å². The molecule has 96 valence electrons. The Hall–Kier alpha value is 0.200. The molecule has 1 fully saturated rings. The van der Waals surface area contributed by atoms with Gasteiger partial charge < -0.3 is 0 Å². The molecule has 1 rings (SSSR count). The van der Waals surface area contributed by atoms with Crippen molar-refractivity contribution in [2.24, 2.45) is 10.8 Å². The molecule has 16 heavy (non-hydrogen) atoms. The third-order valence-corrected chi connectivity index (χ3v) is 5.33. The fourth-order valence-corrected chi connectivity index (χ4v) is 4.20. The van der Waals surface area contributed by atoms with Gasteiger partial charge in [-0.15, -0.1) is 11.6 Å². The summed E-state index contributed by atoms with van der Waals surface area (Å²) in [7, 11) is -3.27. The van der Waals surface area contributed by atoms with Gasteiger partial charge in [0.15, 0.2) is 0 Å². The lowest BCUT2D eigenvalue weighted by molar-refractivity contribution is 0.205. The van der Waals surface area contributed by atoms with Crippen LogP contribution >= 0.6 is 11.6 Å². The summed E-state index contributed by atoms with van der Waals surface area (Å²) in [6, 6.07) is 0. The lowest BCUT2D eigenvalue weighted by Gasteiger charge is -2.32. The molecule has 0 aromatic carbocycles. The first-order valence-corrected chi connectivity index (χ1v) is 7.76. The minimum Gasteiger partial charge on any atom is -0.211 e. The van der Waals surface area contributed by atoms with Crippen LogP contribution in [0.1, 0.15) is 40.5 Å². The number of alkyl halides is 1. The van der Waals surface area contributed by atoms with Crippen molar-refractivity contribution in [3.8, 4) is 0 Å². The zero-order chi connectivity index (χ0) is 12.6. The molecule has 0 atom stereocenters. The first-order chi connectivity index (χ1) is 7.08. The van der Waals surface area contributed by atoms with Crippen molar-refractivity contribution in [1.29, 1.82) is 0 Å². The maximum Gasteiger partial charge on any atom is 0.228 e. The predicted octanol–water partition coefficient (Wildman–Crippen LogP) is 2.66. The Morgan fingerprint density at radius 3 is 2.25 bits per heavy atom. The molecule has 0 spiro atoms. The highest BCUT2D eigenvalue weighted by Gasteiger charge is 2.37. The monoisotopic (exact) mass is 267 g/mol. The van der Waals surface area contributed by atoms with Crippen molar-refractivity contribution in [3.63, 3.8) is 0 Å². The van der Waals surface area contributed by atoms with Crippen LogP contribution in [0.5, 0.6) is 0 Å². The van der Waals surface area contributed by atoms with Gasteiger partial charge in [-0.25, -0.2) is 12.7 Å². The van der Waals surface area contributed by atoms with E-state index in [2.05, 4.69) is 27.7 Å². The van der Waals surface area contributed by atoms with Gasteiger partial charge in [0.25, 0.3) is 0 Å². The molecule has 0 aromatic heterocycles. The minimum absolute atomic E-state index is 0.0130. The molecule has 0 amide bonds. The van der Waals surface area contributed by atoms with Crippen LogP contribution in [0.25, 0.3) is 0 Å². The molecule has 5 heteroatoms. The van der Waals surface area contributed by atoms with Gasteiger partial charge in [-0.2, -0.15) is 0 Å². The Morgan fingerprint density at radius 2 is 1.75 bits per heavy atom. The largest absolute Gasteiger partial charge is 0.228 e. The maximum absolute atomic E-state index is 11.8. The summed E-state index contributed by atoms with van der Waals surface area (Å²) in [5, 5.41) is -0.316. The van der Waals surface area contributed by atoms with E-state index in [-0.39, 0.29) is 16.0 Å². The van der Waals surface area contributed by atoms with E-state index in [0.29, 0.717) is 13.1 Å². The average Bonchev–Trinajstić information content (AvgIpc) is 2.20. The van der Waals surface area contributed by atoms with E-state index in [0.717, 1.165) is 12.8 Å². The average molecular weight is 268 g/mol. The van der Waals surface area contributed by atoms with Crippen molar-refractivity contribution in [2.75, 3.05) is 18.3 Å². The molecule has 0 radical (unpaired) electrons. The second kappa shape index (κ2) is 4.46. The third-order valence-electron chi connectivity index (χ3n) is 3.13. The lowest BCUT2D eigenvalue weighted by Crippen LogP contribution is -2.38. The highest BCUT2D eigenvalue weighted by Crippen LogP contribution is 2.40. The fraction of sp³-hybridized carbons (Fsp3) is 1.00. The Morgan fingerprint density at radius 1 is 1.19 bits per heavy atom. The summed E-state index contributed by atoms with van der Waals surface area (Å²) >= 11 is 5.51. The molecule has 0 N–H and O–H groups in total. The predicted molar refractivity (Wildman–Crippen MR) is 68.0 cm³/mol. The fourth-order valence-electron chi connectivity index (χ4n) is 2.73. The molecule has 0 unspecified atom stereocenters. The molecule has 3 nitrogen and oxygen atoms in total. The van der Waals surface area contributed by atoms with Crippen molar-refractivity contribution >= 4 is 21.6 Å². The zero-order valence-corrected chi connectivity index (χ0v) is 12.2. The first-order valence-electron chi connectivity index (χ1n) is 5.62. The highest BCUT2D eigenvalue weighted by molar-refractivity contribution is 7.90. The van der Waals surface area contributed by atoms with Crippen LogP contribution < -0.4 is 0 Å². The van der Waals surface area contributed by atoms with Gasteiger partial charge in [0, 0.05) is 13.1 Å². The van der Waals surface area contributed by atoms with E-state index in [1.54, 1.807) is 4.31 Å². The normalized spacial score (nSPS) is 26.3. The summed E-state index contributed by atoms with van der Waals surface area (Å²) in [5.41, 5.74) is 0.208. The quantitative estimate of drug-likeness (QED) is 0.722. The van der Waals surface area contributed by atoms with Crippen LogP contribution in [0.3, 0.4) is 0 Å². The van der Waals surface area contributed by atoms with Crippen LogP contribution in [0.15, 0.2) is 0 Å². The van der Waals surface area contributed by atoms with E-state index in [1.165, 1.54) is 0 Å². The molecule has 1 aliphatic rings. The second-order valence-corrected chi connectivity index (χ2v) is 8.86. The smallest absolute Gasteiger partial charge is 0.211 e. The summed E-state index contributed by atoms with van der Waals surface area (Å²) in [6.45, 7) is 9.81. The standard InChI is InChI=1S/C11H22ClNO2S/c1-10(2)5-6-13(16(14,15)9-12)8-11(3,4)7-10/h5-9H2,1-4H3. The van der Waals surface area contributed by atoms with Crippen molar-refractivity contribution in [2.45, 2.75) is 40.5 Å². The van der Waals surface area contributed by atoms with Crippen molar-refractivity contribution < 1.29 is 8.42 Å². The molecule has 0 saturated carbocycles. The van der Waals surface area contributed by atoms with E-state index in [1.807, 2.05) is 0 Å². The first kappa shape index (κ1) is 14.3. The molecule has 0 aliphatic carbocycles. The highest BCUT2D eigenvalue weighted by atomic mass is 35.5. The minimum atomic E-state index is -3.27. The third kappa shape index (κ3) is 3.60. The molecule has 0 bridgehead atoms. The van der Waals surface area contributed by atoms with Gasteiger partial charge in [0.05, 0.1) is 0 Å². The molecule has 0 aromatic rings. The van der Waals surface area contributed by atoms with E-state index < -0.39 is 10.0 Å². The lowest BCUT2D eigenvalue weighted by atomic mass is 9.75. The SMILES string of the molecule is CC1(C)CCN(S(=O)(=O)CCl)CC(C)(C)C1. The second-order valence-electron chi connectivity index (χ2n) is 6.31. The number of hydrogen-bond acceptors (Lipinski definition) is 2. The maximum atomic E-state index is 11.8. The number of hydrogen-bond donors (Lipinski definition) is 0. The van der Waals surface area contributed by atoms with E-state index in [4.69, 9.17) is 11.6 Å². The van der Waals surface area contributed by atoms with Gasteiger partial charge in [-0.05, 0) is 23.7 Å². The number of rotatable bonds is 2. The summed E-state index contributed by atoms with van der Waals surface area (Å²) in [4.78, 5) is 0. The van der Waals surface area contributed by atoms with Crippen LogP contribution in [0.4, 0.5) is 0 Å². The molecular weight excluding hydrogens is 246 g/mol. The Bertz CT molecular complexity index is 349. The van der Waals surface area contributed by atoms with Crippen LogP contribution in [0, 0.1) is 10.8 Å². The van der Waals surface area contributed by atoms with Gasteiger partial charge in [-0.3, -0.25) is 0 Å². The van der Waals surface area contributed by atoms with Gasteiger partial charge in [0.1, 0.15) is 5.21 Å². The van der Waals surface area contributed by atoms with Crippen molar-refractivity contribution in [3.05, 3.63) is 0 Å². The van der Waals surface area contributed by atoms with Crippen molar-refractivity contribution in [1.82, 2.24) is 4.31 Å². The topological polar surface area (TPSA) is 37.4 Å². The summed E-state index contributed by atoms with van der Waals surface area (Å²) in [6.07, 6.45) is 1.93.